The van der Waals surface area contributed by atoms with Gasteiger partial charge in [0.05, 0.1) is 50.0 Å². The highest BCUT2D eigenvalue weighted by Crippen LogP contribution is 2.41. The van der Waals surface area contributed by atoms with Gasteiger partial charge < -0.3 is 13.7 Å². The van der Waals surface area contributed by atoms with Gasteiger partial charge in [-0.15, -0.1) is 0 Å². The second-order valence-corrected chi connectivity index (χ2v) is 13.7. The Bertz CT molecular complexity index is 3240. The summed E-state index contributed by atoms with van der Waals surface area (Å²) in [4.78, 5) is 0. The molecule has 4 heteroatoms. The first-order valence-corrected chi connectivity index (χ1v) is 17.9. The minimum Gasteiger partial charge on any atom is -0.309 e. The van der Waals surface area contributed by atoms with Crippen LogP contribution in [0.1, 0.15) is 5.56 Å². The summed E-state index contributed by atoms with van der Waals surface area (Å²) in [6.07, 6.45) is 0. The lowest BCUT2D eigenvalue weighted by molar-refractivity contribution is 1.09. The number of hydrogen-bond acceptors (Lipinski definition) is 1. The van der Waals surface area contributed by atoms with Crippen molar-refractivity contribution in [2.45, 2.75) is 0 Å². The van der Waals surface area contributed by atoms with Crippen LogP contribution < -0.4 is 0 Å². The minimum atomic E-state index is 0.622. The van der Waals surface area contributed by atoms with Crippen molar-refractivity contribution in [3.05, 3.63) is 188 Å². The van der Waals surface area contributed by atoms with Gasteiger partial charge in [-0.25, -0.2) is 0 Å². The molecule has 11 rings (SSSR count). The summed E-state index contributed by atoms with van der Waals surface area (Å²) in [5, 5.41) is 17.8. The lowest BCUT2D eigenvalue weighted by atomic mass is 10.0. The quantitative estimate of drug-likeness (QED) is 0.183. The fraction of sp³-hybridized carbons (Fsp3) is 0. The summed E-state index contributed by atoms with van der Waals surface area (Å²) in [7, 11) is 0. The lowest BCUT2D eigenvalue weighted by Crippen LogP contribution is -2.05. The molecule has 3 heterocycles. The van der Waals surface area contributed by atoms with Crippen LogP contribution in [0.25, 0.3) is 93.6 Å². The van der Waals surface area contributed by atoms with E-state index in [9.17, 15) is 5.26 Å². The number of nitrogens with zero attached hydrogens (tertiary/aromatic N) is 4. The Hall–Kier alpha value is -7.35. The molecule has 0 spiro atoms. The molecule has 0 radical (unpaired) electrons. The molecule has 3 aromatic heterocycles. The molecule has 0 saturated heterocycles. The Morgan fingerprint density at radius 1 is 0.340 bits per heavy atom. The number of rotatable bonds is 4. The Labute approximate surface area is 305 Å². The fourth-order valence-electron chi connectivity index (χ4n) is 8.62. The second kappa shape index (κ2) is 11.3. The number of fused-ring (bicyclic) bond motifs is 9. The monoisotopic (exact) mass is 674 g/mol. The van der Waals surface area contributed by atoms with Crippen molar-refractivity contribution in [3.63, 3.8) is 0 Å². The van der Waals surface area contributed by atoms with Gasteiger partial charge in [-0.1, -0.05) is 109 Å². The molecule has 0 aliphatic rings. The summed E-state index contributed by atoms with van der Waals surface area (Å²) < 4.78 is 6.96. The summed E-state index contributed by atoms with van der Waals surface area (Å²) in [6.45, 7) is 0. The molecule has 0 fully saturated rings. The number of nitriles is 1. The lowest BCUT2D eigenvalue weighted by Gasteiger charge is -2.18. The number of hydrogen-bond donors (Lipinski definition) is 0. The third-order valence-electron chi connectivity index (χ3n) is 10.9. The summed E-state index contributed by atoms with van der Waals surface area (Å²) in [6, 6.07) is 67.1. The van der Waals surface area contributed by atoms with Crippen LogP contribution in [0.15, 0.2) is 182 Å². The maximum Gasteiger partial charge on any atom is 0.101 e. The number of benzene rings is 8. The molecule has 4 nitrogen and oxygen atoms in total. The molecular weight excluding hydrogens is 645 g/mol. The van der Waals surface area contributed by atoms with Gasteiger partial charge in [-0.3, -0.25) is 0 Å². The molecule has 0 aliphatic carbocycles. The normalized spacial score (nSPS) is 11.8. The first-order valence-electron chi connectivity index (χ1n) is 17.9. The molecule has 0 bridgehead atoms. The van der Waals surface area contributed by atoms with E-state index in [1.165, 1.54) is 32.6 Å². The SMILES string of the molecule is N#Cc1cccc(-n2c3ccccc3c3ccccc32)c1-n1c2ccccc2c2cc(-c3ccc4c(c3)c3ccccc3n4-c3ccccc3)ccc21. The highest BCUT2D eigenvalue weighted by atomic mass is 15.1. The van der Waals surface area contributed by atoms with E-state index in [1.807, 2.05) is 12.1 Å². The maximum atomic E-state index is 10.7. The van der Waals surface area contributed by atoms with Gasteiger partial charge in [0.25, 0.3) is 0 Å². The molecule has 0 unspecified atom stereocenters. The van der Waals surface area contributed by atoms with E-state index in [4.69, 9.17) is 0 Å². The van der Waals surface area contributed by atoms with Gasteiger partial charge in [-0.05, 0) is 83.9 Å². The van der Waals surface area contributed by atoms with Crippen LogP contribution in [0.5, 0.6) is 0 Å². The third-order valence-corrected chi connectivity index (χ3v) is 10.9. The van der Waals surface area contributed by atoms with Crippen molar-refractivity contribution in [2.24, 2.45) is 0 Å². The van der Waals surface area contributed by atoms with Gasteiger partial charge in [0.15, 0.2) is 0 Å². The highest BCUT2D eigenvalue weighted by Gasteiger charge is 2.22. The molecule has 0 saturated carbocycles. The van der Waals surface area contributed by atoms with Crippen LogP contribution in [-0.4, -0.2) is 13.7 Å². The maximum absolute atomic E-state index is 10.7. The van der Waals surface area contributed by atoms with Crippen molar-refractivity contribution in [1.82, 2.24) is 13.7 Å². The van der Waals surface area contributed by atoms with E-state index >= 15 is 0 Å². The Balaban J connectivity index is 1.16. The van der Waals surface area contributed by atoms with Gasteiger partial charge in [0, 0.05) is 38.0 Å². The zero-order chi connectivity index (χ0) is 35.0. The summed E-state index contributed by atoms with van der Waals surface area (Å²) in [5.74, 6) is 0. The first kappa shape index (κ1) is 29.4. The molecule has 8 aromatic carbocycles. The number of aromatic nitrogens is 3. The van der Waals surface area contributed by atoms with Crippen LogP contribution in [0.3, 0.4) is 0 Å². The predicted molar refractivity (Wildman–Crippen MR) is 220 cm³/mol. The van der Waals surface area contributed by atoms with Crippen LogP contribution in [0, 0.1) is 11.3 Å². The highest BCUT2D eigenvalue weighted by molar-refractivity contribution is 6.14. The van der Waals surface area contributed by atoms with E-state index in [2.05, 4.69) is 190 Å². The summed E-state index contributed by atoms with van der Waals surface area (Å²) in [5.41, 5.74) is 12.6. The van der Waals surface area contributed by atoms with Crippen LogP contribution in [-0.2, 0) is 0 Å². The zero-order valence-electron chi connectivity index (χ0n) is 28.6. The largest absolute Gasteiger partial charge is 0.309 e. The van der Waals surface area contributed by atoms with Crippen molar-refractivity contribution >= 4 is 65.4 Å². The van der Waals surface area contributed by atoms with Gasteiger partial charge in [-0.2, -0.15) is 5.26 Å². The standard InChI is InChI=1S/C49H30N4/c50-31-34-13-12-24-48(52-43-21-9-4-16-36(43)37-17-5-10-22-44(37)52)49(34)53-45-23-11-7-19-39(45)41-30-33(26-28-47(41)53)32-25-27-46-40(29-32)38-18-6-8-20-42(38)51(46)35-14-2-1-3-15-35/h1-30H. The molecule has 0 aliphatic heterocycles. The molecule has 11 aromatic rings. The van der Waals surface area contributed by atoms with E-state index < -0.39 is 0 Å². The van der Waals surface area contributed by atoms with Crippen LogP contribution in [0.4, 0.5) is 0 Å². The van der Waals surface area contributed by atoms with Crippen LogP contribution >= 0.6 is 0 Å². The Morgan fingerprint density at radius 3 is 1.32 bits per heavy atom. The van der Waals surface area contributed by atoms with E-state index in [0.717, 1.165) is 61.0 Å². The molecule has 53 heavy (non-hydrogen) atoms. The van der Waals surface area contributed by atoms with Crippen LogP contribution in [0.2, 0.25) is 0 Å². The van der Waals surface area contributed by atoms with E-state index in [1.54, 1.807) is 0 Å². The average Bonchev–Trinajstić information content (AvgIpc) is 3.86. The van der Waals surface area contributed by atoms with Crippen molar-refractivity contribution < 1.29 is 0 Å². The predicted octanol–water partition coefficient (Wildman–Crippen LogP) is 12.5. The average molecular weight is 675 g/mol. The molecule has 0 atom stereocenters. The van der Waals surface area contributed by atoms with Gasteiger partial charge >= 0.3 is 0 Å². The second-order valence-electron chi connectivity index (χ2n) is 13.7. The van der Waals surface area contributed by atoms with Crippen molar-refractivity contribution in [3.8, 4) is 34.3 Å². The minimum absolute atomic E-state index is 0.622. The third kappa shape index (κ3) is 4.22. The molecule has 0 amide bonds. The van der Waals surface area contributed by atoms with E-state index in [-0.39, 0.29) is 0 Å². The molecular formula is C49H30N4. The first-order chi connectivity index (χ1) is 26.3. The topological polar surface area (TPSA) is 38.6 Å². The molecule has 0 N–H and O–H groups in total. The Morgan fingerprint density at radius 2 is 0.774 bits per heavy atom. The van der Waals surface area contributed by atoms with Gasteiger partial charge in [0.1, 0.15) is 6.07 Å². The van der Waals surface area contributed by atoms with E-state index in [0.29, 0.717) is 5.56 Å². The summed E-state index contributed by atoms with van der Waals surface area (Å²) >= 11 is 0. The fourth-order valence-corrected chi connectivity index (χ4v) is 8.62. The number of para-hydroxylation sites is 6. The van der Waals surface area contributed by atoms with Crippen molar-refractivity contribution in [2.75, 3.05) is 0 Å². The van der Waals surface area contributed by atoms with Crippen molar-refractivity contribution in [1.29, 1.82) is 5.26 Å². The zero-order valence-corrected chi connectivity index (χ0v) is 28.6. The van der Waals surface area contributed by atoms with Gasteiger partial charge in [0.2, 0.25) is 0 Å². The molecule has 246 valence electrons. The smallest absolute Gasteiger partial charge is 0.101 e. The Kier molecular flexibility index (Phi) is 6.28.